The molecular weight excluding hydrogens is 200 g/mol. The van der Waals surface area contributed by atoms with Crippen molar-refractivity contribution in [3.05, 3.63) is 16.7 Å². The molecule has 76 valence electrons. The molecule has 0 amide bonds. The Labute approximate surface area is 88.1 Å². The highest BCUT2D eigenvalue weighted by Crippen LogP contribution is 2.33. The summed E-state index contributed by atoms with van der Waals surface area (Å²) in [5, 5.41) is 0.502. The maximum atomic E-state index is 11.4. The van der Waals surface area contributed by atoms with E-state index in [2.05, 4.69) is 9.55 Å². The number of hydrogen-bond acceptors (Lipinski definition) is 2. The molecule has 1 aliphatic rings. The Morgan fingerprint density at radius 1 is 1.64 bits per heavy atom. The number of imidazole rings is 1. The molecule has 14 heavy (non-hydrogen) atoms. The molecule has 1 aliphatic heterocycles. The highest BCUT2D eigenvalue weighted by Gasteiger charge is 2.28. The van der Waals surface area contributed by atoms with Gasteiger partial charge < -0.3 is 4.57 Å². The fourth-order valence-electron chi connectivity index (χ4n) is 2.15. The van der Waals surface area contributed by atoms with Crippen LogP contribution in [0.1, 0.15) is 37.2 Å². The van der Waals surface area contributed by atoms with E-state index in [0.29, 0.717) is 5.15 Å². The van der Waals surface area contributed by atoms with Crippen molar-refractivity contribution in [3.8, 4) is 0 Å². The lowest BCUT2D eigenvalue weighted by Crippen LogP contribution is -2.21. The molecule has 0 saturated heterocycles. The molecule has 1 atom stereocenters. The van der Waals surface area contributed by atoms with Gasteiger partial charge in [0.15, 0.2) is 5.15 Å². The van der Waals surface area contributed by atoms with Crippen molar-refractivity contribution in [1.82, 2.24) is 9.55 Å². The van der Waals surface area contributed by atoms with Gasteiger partial charge in [0.1, 0.15) is 11.6 Å². The Kier molecular flexibility index (Phi) is 2.35. The summed E-state index contributed by atoms with van der Waals surface area (Å²) < 4.78 is 2.07. The zero-order valence-corrected chi connectivity index (χ0v) is 9.14. The summed E-state index contributed by atoms with van der Waals surface area (Å²) >= 11 is 6.02. The summed E-state index contributed by atoms with van der Waals surface area (Å²) in [6.07, 6.45) is 1.94. The number of aryl methyl sites for hydroxylation is 1. The van der Waals surface area contributed by atoms with E-state index in [0.717, 1.165) is 30.9 Å². The van der Waals surface area contributed by atoms with Gasteiger partial charge in [0.2, 0.25) is 0 Å². The lowest BCUT2D eigenvalue weighted by molar-refractivity contribution is -0.118. The molecule has 0 radical (unpaired) electrons. The summed E-state index contributed by atoms with van der Waals surface area (Å²) in [4.78, 5) is 15.6. The first-order valence-electron chi connectivity index (χ1n) is 4.84. The van der Waals surface area contributed by atoms with Gasteiger partial charge in [0.25, 0.3) is 0 Å². The van der Waals surface area contributed by atoms with Crippen molar-refractivity contribution in [2.45, 2.75) is 39.2 Å². The van der Waals surface area contributed by atoms with Crippen LogP contribution in [0.2, 0.25) is 5.15 Å². The quantitative estimate of drug-likeness (QED) is 0.716. The van der Waals surface area contributed by atoms with Crippen LogP contribution in [0.3, 0.4) is 0 Å². The fourth-order valence-corrected chi connectivity index (χ4v) is 2.50. The van der Waals surface area contributed by atoms with Crippen LogP contribution in [0.15, 0.2) is 0 Å². The average Bonchev–Trinajstić information content (AvgIpc) is 2.43. The maximum Gasteiger partial charge on any atom is 0.151 e. The summed E-state index contributed by atoms with van der Waals surface area (Å²) in [7, 11) is 0. The van der Waals surface area contributed by atoms with Crippen LogP contribution in [0, 0.1) is 6.92 Å². The van der Waals surface area contributed by atoms with Crippen LogP contribution in [0.25, 0.3) is 0 Å². The normalized spacial score (nSPS) is 20.6. The van der Waals surface area contributed by atoms with Gasteiger partial charge in [0, 0.05) is 6.54 Å². The van der Waals surface area contributed by atoms with Gasteiger partial charge in [-0.05, 0) is 26.7 Å². The van der Waals surface area contributed by atoms with E-state index in [1.54, 1.807) is 6.92 Å². The number of halogens is 1. The first-order chi connectivity index (χ1) is 6.61. The Hall–Kier alpha value is -0.830. The van der Waals surface area contributed by atoms with Gasteiger partial charge in [-0.25, -0.2) is 4.98 Å². The van der Waals surface area contributed by atoms with Crippen molar-refractivity contribution in [2.75, 3.05) is 0 Å². The van der Waals surface area contributed by atoms with Crippen LogP contribution in [0.4, 0.5) is 0 Å². The summed E-state index contributed by atoms with van der Waals surface area (Å²) in [5.74, 6) is 1.06. The fraction of sp³-hybridized carbons (Fsp3) is 0.600. The minimum Gasteiger partial charge on any atom is -0.330 e. The zero-order chi connectivity index (χ0) is 10.3. The van der Waals surface area contributed by atoms with Crippen LogP contribution in [-0.2, 0) is 11.3 Å². The van der Waals surface area contributed by atoms with E-state index in [1.165, 1.54) is 0 Å². The predicted octanol–water partition coefficient (Wildman–Crippen LogP) is 2.31. The second kappa shape index (κ2) is 3.39. The summed E-state index contributed by atoms with van der Waals surface area (Å²) in [5.41, 5.74) is 0.919. The molecule has 0 fully saturated rings. The number of aromatic nitrogens is 2. The molecule has 0 spiro atoms. The van der Waals surface area contributed by atoms with Crippen LogP contribution in [0.5, 0.6) is 0 Å². The molecule has 2 rings (SSSR count). The number of hydrogen-bond donors (Lipinski definition) is 0. The molecule has 1 unspecified atom stereocenters. The first kappa shape index (κ1) is 9.71. The van der Waals surface area contributed by atoms with E-state index in [1.807, 2.05) is 6.92 Å². The van der Waals surface area contributed by atoms with Crippen molar-refractivity contribution >= 4 is 17.4 Å². The van der Waals surface area contributed by atoms with E-state index in [4.69, 9.17) is 11.6 Å². The minimum atomic E-state index is -0.0440. The highest BCUT2D eigenvalue weighted by molar-refractivity contribution is 6.30. The van der Waals surface area contributed by atoms with Gasteiger partial charge >= 0.3 is 0 Å². The summed E-state index contributed by atoms with van der Waals surface area (Å²) in [6, 6.07) is 0. The topological polar surface area (TPSA) is 34.9 Å². The number of ketones is 1. The second-order valence-electron chi connectivity index (χ2n) is 3.79. The molecule has 2 heterocycles. The molecule has 1 aromatic heterocycles. The van der Waals surface area contributed by atoms with E-state index in [9.17, 15) is 4.79 Å². The standard InChI is InChI=1S/C10H13ClN2O/c1-6(14)8-4-3-5-13-7(2)12-10(11)9(8)13/h8H,3-5H2,1-2H3. The molecule has 0 aliphatic carbocycles. The third-order valence-corrected chi connectivity index (χ3v) is 3.13. The number of fused-ring (bicyclic) bond motifs is 1. The smallest absolute Gasteiger partial charge is 0.151 e. The van der Waals surface area contributed by atoms with Crippen molar-refractivity contribution in [1.29, 1.82) is 0 Å². The molecule has 1 aromatic rings. The zero-order valence-electron chi connectivity index (χ0n) is 8.38. The highest BCUT2D eigenvalue weighted by atomic mass is 35.5. The molecule has 0 aromatic carbocycles. The Morgan fingerprint density at radius 2 is 2.36 bits per heavy atom. The number of Topliss-reactive ketones (excluding diaryl/α,β-unsaturated/α-hetero) is 1. The SMILES string of the molecule is CC(=O)C1CCCn2c(C)nc(Cl)c21. The number of nitrogens with zero attached hydrogens (tertiary/aromatic N) is 2. The maximum absolute atomic E-state index is 11.4. The van der Waals surface area contributed by atoms with Crippen molar-refractivity contribution in [3.63, 3.8) is 0 Å². The Balaban J connectivity index is 2.53. The molecule has 0 saturated carbocycles. The number of carbonyl (C=O) groups excluding carboxylic acids is 1. The van der Waals surface area contributed by atoms with Crippen LogP contribution in [-0.4, -0.2) is 15.3 Å². The van der Waals surface area contributed by atoms with Gasteiger partial charge in [-0.15, -0.1) is 0 Å². The van der Waals surface area contributed by atoms with Gasteiger partial charge in [-0.1, -0.05) is 11.6 Å². The molecule has 4 heteroatoms. The molecular formula is C10H13ClN2O. The van der Waals surface area contributed by atoms with Gasteiger partial charge in [-0.3, -0.25) is 4.79 Å². The lowest BCUT2D eigenvalue weighted by Gasteiger charge is -2.23. The number of rotatable bonds is 1. The molecule has 0 N–H and O–H groups in total. The van der Waals surface area contributed by atoms with E-state index >= 15 is 0 Å². The van der Waals surface area contributed by atoms with Crippen molar-refractivity contribution in [2.24, 2.45) is 0 Å². The largest absolute Gasteiger partial charge is 0.330 e. The van der Waals surface area contributed by atoms with E-state index in [-0.39, 0.29) is 11.7 Å². The van der Waals surface area contributed by atoms with E-state index < -0.39 is 0 Å². The monoisotopic (exact) mass is 212 g/mol. The van der Waals surface area contributed by atoms with Crippen molar-refractivity contribution < 1.29 is 4.79 Å². The average molecular weight is 213 g/mol. The predicted molar refractivity (Wildman–Crippen MR) is 54.6 cm³/mol. The Bertz CT molecular complexity index is 384. The summed E-state index contributed by atoms with van der Waals surface area (Å²) in [6.45, 7) is 4.49. The van der Waals surface area contributed by atoms with Gasteiger partial charge in [0.05, 0.1) is 11.6 Å². The Morgan fingerprint density at radius 3 is 3.00 bits per heavy atom. The molecule has 3 nitrogen and oxygen atoms in total. The third-order valence-electron chi connectivity index (χ3n) is 2.85. The first-order valence-corrected chi connectivity index (χ1v) is 5.22. The van der Waals surface area contributed by atoms with Gasteiger partial charge in [-0.2, -0.15) is 0 Å². The number of carbonyl (C=O) groups is 1. The molecule has 0 bridgehead atoms. The second-order valence-corrected chi connectivity index (χ2v) is 4.15. The lowest BCUT2D eigenvalue weighted by atomic mass is 9.93. The van der Waals surface area contributed by atoms with Crippen LogP contribution >= 0.6 is 11.6 Å². The van der Waals surface area contributed by atoms with Crippen LogP contribution < -0.4 is 0 Å². The third kappa shape index (κ3) is 1.36. The minimum absolute atomic E-state index is 0.0440.